The molecule has 2 N–H and O–H groups in total. The van der Waals surface area contributed by atoms with Gasteiger partial charge in [0.1, 0.15) is 5.75 Å². The molecule has 1 aromatic heterocycles. The van der Waals surface area contributed by atoms with Crippen LogP contribution < -0.4 is 10.1 Å². The monoisotopic (exact) mass is 412 g/mol. The molecule has 1 saturated heterocycles. The summed E-state index contributed by atoms with van der Waals surface area (Å²) in [5.74, 6) is 0.876. The molecule has 2 aromatic carbocycles. The second-order valence-electron chi connectivity index (χ2n) is 7.42. The van der Waals surface area contributed by atoms with E-state index in [1.807, 2.05) is 42.5 Å². The molecule has 0 bridgehead atoms. The van der Waals surface area contributed by atoms with Crippen molar-refractivity contribution in [1.29, 1.82) is 0 Å². The average molecular weight is 413 g/mol. The van der Waals surface area contributed by atoms with Crippen molar-refractivity contribution in [2.24, 2.45) is 0 Å². The second kappa shape index (κ2) is 7.91. The number of hydrogen-bond donors (Lipinski definition) is 2. The number of methoxy groups -OCH3 is 1. The topological polar surface area (TPSA) is 88.3 Å². The molecule has 1 amide bonds. The molecule has 0 aliphatic carbocycles. The van der Waals surface area contributed by atoms with Gasteiger partial charge in [-0.3, -0.25) is 4.79 Å². The maximum Gasteiger partial charge on any atom is 0.220 e. The van der Waals surface area contributed by atoms with Crippen molar-refractivity contribution in [2.45, 2.75) is 25.3 Å². The van der Waals surface area contributed by atoms with Crippen LogP contribution in [0, 0.1) is 0 Å². The first-order valence-electron chi connectivity index (χ1n) is 9.69. The predicted octanol–water partition coefficient (Wildman–Crippen LogP) is 3.08. The molecule has 1 fully saturated rings. The summed E-state index contributed by atoms with van der Waals surface area (Å²) in [7, 11) is -1.37. The average Bonchev–Trinajstić information content (AvgIpc) is 3.25. The van der Waals surface area contributed by atoms with Gasteiger partial charge in [0.25, 0.3) is 0 Å². The van der Waals surface area contributed by atoms with Crippen molar-refractivity contribution in [2.75, 3.05) is 18.6 Å². The number of sulfone groups is 1. The Hall–Kier alpha value is -2.80. The molecule has 29 heavy (non-hydrogen) atoms. The van der Waals surface area contributed by atoms with Crippen LogP contribution in [-0.2, 0) is 21.1 Å². The zero-order valence-electron chi connectivity index (χ0n) is 16.3. The second-order valence-corrected chi connectivity index (χ2v) is 9.65. The van der Waals surface area contributed by atoms with E-state index in [1.54, 1.807) is 7.11 Å². The van der Waals surface area contributed by atoms with E-state index in [1.165, 1.54) is 0 Å². The van der Waals surface area contributed by atoms with E-state index in [2.05, 4.69) is 16.4 Å². The zero-order valence-corrected chi connectivity index (χ0v) is 17.1. The molecule has 2 heterocycles. The fraction of sp³-hybridized carbons (Fsp3) is 0.318. The van der Waals surface area contributed by atoms with Crippen LogP contribution in [0.2, 0.25) is 0 Å². The van der Waals surface area contributed by atoms with Crippen LogP contribution >= 0.6 is 0 Å². The van der Waals surface area contributed by atoms with Crippen molar-refractivity contribution < 1.29 is 17.9 Å². The number of aryl methyl sites for hydroxylation is 1. The third kappa shape index (κ3) is 4.29. The number of hydrogen-bond acceptors (Lipinski definition) is 4. The van der Waals surface area contributed by atoms with Crippen LogP contribution in [0.3, 0.4) is 0 Å². The van der Waals surface area contributed by atoms with Crippen LogP contribution in [0.4, 0.5) is 0 Å². The molecule has 1 aliphatic heterocycles. The minimum absolute atomic E-state index is 0.0446. The van der Waals surface area contributed by atoms with Crippen molar-refractivity contribution in [3.8, 4) is 17.0 Å². The van der Waals surface area contributed by atoms with Crippen molar-refractivity contribution in [1.82, 2.24) is 10.3 Å². The predicted molar refractivity (Wildman–Crippen MR) is 114 cm³/mol. The van der Waals surface area contributed by atoms with E-state index in [4.69, 9.17) is 4.74 Å². The maximum absolute atomic E-state index is 12.4. The molecular weight excluding hydrogens is 388 g/mol. The Morgan fingerprint density at radius 2 is 1.93 bits per heavy atom. The number of aromatic nitrogens is 1. The standard InChI is InChI=1S/C22H24N2O4S/c1-28-17-8-6-15(7-9-17)22-19(18-4-2-3-5-20(18)24-22)10-11-21(25)23-16-12-13-29(26,27)14-16/h2-9,16,24H,10-14H2,1H3,(H,23,25)/t16-/m0/s1. The molecule has 0 radical (unpaired) electrons. The summed E-state index contributed by atoms with van der Waals surface area (Å²) in [6.45, 7) is 0. The Morgan fingerprint density at radius 3 is 2.62 bits per heavy atom. The van der Waals surface area contributed by atoms with E-state index < -0.39 is 9.84 Å². The highest BCUT2D eigenvalue weighted by atomic mass is 32.2. The van der Waals surface area contributed by atoms with Crippen LogP contribution in [0.1, 0.15) is 18.4 Å². The van der Waals surface area contributed by atoms with Gasteiger partial charge in [0.05, 0.1) is 18.6 Å². The highest BCUT2D eigenvalue weighted by molar-refractivity contribution is 7.91. The molecule has 4 rings (SSSR count). The van der Waals surface area contributed by atoms with Crippen molar-refractivity contribution in [3.05, 3.63) is 54.1 Å². The quantitative estimate of drug-likeness (QED) is 0.651. The molecule has 6 nitrogen and oxygen atoms in total. The van der Waals surface area contributed by atoms with Gasteiger partial charge in [-0.1, -0.05) is 18.2 Å². The number of H-pyrrole nitrogens is 1. The number of carbonyl (C=O) groups excluding carboxylic acids is 1. The SMILES string of the molecule is COc1ccc(-c2[nH]c3ccccc3c2CCC(=O)N[C@H]2CCS(=O)(=O)C2)cc1. The molecular formula is C22H24N2O4S. The highest BCUT2D eigenvalue weighted by Crippen LogP contribution is 2.32. The fourth-order valence-corrected chi connectivity index (χ4v) is 5.58. The minimum Gasteiger partial charge on any atom is -0.497 e. The van der Waals surface area contributed by atoms with Crippen LogP contribution in [0.25, 0.3) is 22.2 Å². The lowest BCUT2D eigenvalue weighted by molar-refractivity contribution is -0.121. The molecule has 1 atom stereocenters. The number of rotatable bonds is 6. The van der Waals surface area contributed by atoms with E-state index in [9.17, 15) is 13.2 Å². The molecule has 1 aliphatic rings. The maximum atomic E-state index is 12.4. The molecule has 3 aromatic rings. The first-order valence-corrected chi connectivity index (χ1v) is 11.5. The van der Waals surface area contributed by atoms with Gasteiger partial charge >= 0.3 is 0 Å². The summed E-state index contributed by atoms with van der Waals surface area (Å²) in [6, 6.07) is 15.6. The Labute approximate surface area is 170 Å². The Morgan fingerprint density at radius 1 is 1.17 bits per heavy atom. The molecule has 0 unspecified atom stereocenters. The number of aromatic amines is 1. The van der Waals surface area contributed by atoms with E-state index in [0.717, 1.165) is 33.5 Å². The number of benzene rings is 2. The van der Waals surface area contributed by atoms with Crippen molar-refractivity contribution in [3.63, 3.8) is 0 Å². The number of nitrogens with one attached hydrogen (secondary N) is 2. The van der Waals surface area contributed by atoms with Gasteiger partial charge in [-0.05, 0) is 54.3 Å². The van der Waals surface area contributed by atoms with E-state index in [-0.39, 0.29) is 23.5 Å². The largest absolute Gasteiger partial charge is 0.497 e. The summed E-state index contributed by atoms with van der Waals surface area (Å²) in [6.07, 6.45) is 1.37. The Balaban J connectivity index is 1.55. The molecule has 0 saturated carbocycles. The first-order chi connectivity index (χ1) is 13.9. The summed E-state index contributed by atoms with van der Waals surface area (Å²) < 4.78 is 28.4. The lowest BCUT2D eigenvalue weighted by Crippen LogP contribution is -2.35. The summed E-state index contributed by atoms with van der Waals surface area (Å²) in [5.41, 5.74) is 4.12. The van der Waals surface area contributed by atoms with Gasteiger partial charge in [0.15, 0.2) is 9.84 Å². The highest BCUT2D eigenvalue weighted by Gasteiger charge is 2.28. The normalized spacial score (nSPS) is 18.0. The van der Waals surface area contributed by atoms with Gasteiger partial charge in [-0.2, -0.15) is 0 Å². The third-order valence-corrected chi connectivity index (χ3v) is 7.16. The number of carbonyl (C=O) groups is 1. The Kier molecular flexibility index (Phi) is 5.32. The van der Waals surface area contributed by atoms with E-state index >= 15 is 0 Å². The van der Waals surface area contributed by atoms with Gasteiger partial charge in [-0.15, -0.1) is 0 Å². The van der Waals surface area contributed by atoms with Gasteiger partial charge in [-0.25, -0.2) is 8.42 Å². The van der Waals surface area contributed by atoms with Gasteiger partial charge in [0.2, 0.25) is 5.91 Å². The van der Waals surface area contributed by atoms with Gasteiger partial charge in [0, 0.05) is 29.1 Å². The number of amides is 1. The zero-order chi connectivity index (χ0) is 20.4. The Bertz CT molecular complexity index is 1130. The molecule has 152 valence electrons. The smallest absolute Gasteiger partial charge is 0.220 e. The van der Waals surface area contributed by atoms with Crippen molar-refractivity contribution >= 4 is 26.6 Å². The summed E-state index contributed by atoms with van der Waals surface area (Å²) in [5, 5.41) is 3.97. The fourth-order valence-electron chi connectivity index (χ4n) is 3.91. The lowest BCUT2D eigenvalue weighted by Gasteiger charge is -2.11. The van der Waals surface area contributed by atoms with Crippen LogP contribution in [-0.4, -0.2) is 44.0 Å². The van der Waals surface area contributed by atoms with Crippen LogP contribution in [0.15, 0.2) is 48.5 Å². The number of para-hydroxylation sites is 1. The first kappa shape index (κ1) is 19.5. The summed E-state index contributed by atoms with van der Waals surface area (Å²) >= 11 is 0. The number of fused-ring (bicyclic) bond motifs is 1. The third-order valence-electron chi connectivity index (χ3n) is 5.39. The molecule has 7 heteroatoms. The van der Waals surface area contributed by atoms with Gasteiger partial charge < -0.3 is 15.0 Å². The minimum atomic E-state index is -3.01. The lowest BCUT2D eigenvalue weighted by atomic mass is 10.0. The number of ether oxygens (including phenoxy) is 1. The molecule has 0 spiro atoms. The summed E-state index contributed by atoms with van der Waals surface area (Å²) in [4.78, 5) is 15.9. The van der Waals surface area contributed by atoms with Crippen LogP contribution in [0.5, 0.6) is 5.75 Å². The van der Waals surface area contributed by atoms with E-state index in [0.29, 0.717) is 19.3 Å².